The van der Waals surface area contributed by atoms with Gasteiger partial charge >= 0.3 is 24.1 Å². The summed E-state index contributed by atoms with van der Waals surface area (Å²) in [5.74, 6) is -1.47. The van der Waals surface area contributed by atoms with Crippen LogP contribution in [0.4, 0.5) is 18.0 Å². The molecule has 0 bridgehead atoms. The van der Waals surface area contributed by atoms with Crippen LogP contribution in [0.25, 0.3) is 0 Å². The van der Waals surface area contributed by atoms with Crippen LogP contribution >= 0.6 is 0 Å². The second-order valence-electron chi connectivity index (χ2n) is 8.62. The Morgan fingerprint density at radius 1 is 1.11 bits per heavy atom. The van der Waals surface area contributed by atoms with E-state index in [0.29, 0.717) is 25.9 Å². The molecule has 0 aromatic heterocycles. The Labute approximate surface area is 208 Å². The van der Waals surface area contributed by atoms with E-state index in [1.54, 1.807) is 20.8 Å². The van der Waals surface area contributed by atoms with Crippen molar-refractivity contribution in [3.05, 3.63) is 46.7 Å². The third-order valence-electron chi connectivity index (χ3n) is 6.33. The van der Waals surface area contributed by atoms with Gasteiger partial charge in [0.25, 0.3) is 0 Å². The molecule has 0 saturated carbocycles. The topological polar surface area (TPSA) is 88.2 Å². The van der Waals surface area contributed by atoms with Crippen molar-refractivity contribution in [2.75, 3.05) is 39.4 Å². The third kappa shape index (κ3) is 6.00. The first-order valence-electron chi connectivity index (χ1n) is 12.2. The number of ether oxygens (including phenoxy) is 2. The number of likely N-dealkylation sites (tertiary alicyclic amines) is 1. The van der Waals surface area contributed by atoms with Gasteiger partial charge < -0.3 is 14.8 Å². The molecular formula is C25H32F3N3O5. The summed E-state index contributed by atoms with van der Waals surface area (Å²) in [5.41, 5.74) is -0.959. The van der Waals surface area contributed by atoms with Crippen LogP contribution in [0.2, 0.25) is 0 Å². The predicted molar refractivity (Wildman–Crippen MR) is 125 cm³/mol. The molecule has 8 nitrogen and oxygen atoms in total. The van der Waals surface area contributed by atoms with Gasteiger partial charge in [-0.3, -0.25) is 14.6 Å². The van der Waals surface area contributed by atoms with Crippen molar-refractivity contribution in [1.82, 2.24) is 15.1 Å². The minimum absolute atomic E-state index is 0.0119. The van der Waals surface area contributed by atoms with E-state index in [1.165, 1.54) is 23.1 Å². The van der Waals surface area contributed by atoms with Crippen LogP contribution in [-0.4, -0.2) is 67.2 Å². The van der Waals surface area contributed by atoms with Crippen LogP contribution in [0.1, 0.15) is 50.8 Å². The molecule has 2 heterocycles. The monoisotopic (exact) mass is 511 g/mol. The Morgan fingerprint density at radius 2 is 1.81 bits per heavy atom. The van der Waals surface area contributed by atoms with Crippen LogP contribution < -0.4 is 5.32 Å². The number of amides is 2. The number of esters is 2. The smallest absolute Gasteiger partial charge is 0.416 e. The highest BCUT2D eigenvalue weighted by Gasteiger charge is 2.43. The summed E-state index contributed by atoms with van der Waals surface area (Å²) in [6, 6.07) is 2.90. The summed E-state index contributed by atoms with van der Waals surface area (Å²) < 4.78 is 52.0. The van der Waals surface area contributed by atoms with Crippen LogP contribution in [0.15, 0.2) is 35.5 Å². The molecular weight excluding hydrogens is 479 g/mol. The van der Waals surface area contributed by atoms with Gasteiger partial charge in [0.15, 0.2) is 0 Å². The largest absolute Gasteiger partial charge is 0.466 e. The molecule has 36 heavy (non-hydrogen) atoms. The summed E-state index contributed by atoms with van der Waals surface area (Å²) in [5, 5.41) is 2.58. The molecule has 1 fully saturated rings. The van der Waals surface area contributed by atoms with Crippen molar-refractivity contribution in [3.63, 3.8) is 0 Å². The van der Waals surface area contributed by atoms with Gasteiger partial charge in [0.1, 0.15) is 0 Å². The molecule has 3 rings (SSSR count). The molecule has 0 radical (unpaired) electrons. The first kappa shape index (κ1) is 27.5. The Hall–Kier alpha value is -3.08. The lowest BCUT2D eigenvalue weighted by molar-refractivity contribution is -0.150. The van der Waals surface area contributed by atoms with E-state index in [0.717, 1.165) is 6.07 Å². The fourth-order valence-electron chi connectivity index (χ4n) is 4.76. The van der Waals surface area contributed by atoms with E-state index >= 15 is 0 Å². The number of carbonyl (C=O) groups is 3. The number of rotatable bonds is 8. The maximum absolute atomic E-state index is 13.9. The molecule has 0 spiro atoms. The molecule has 11 heteroatoms. The van der Waals surface area contributed by atoms with Crippen molar-refractivity contribution in [1.29, 1.82) is 0 Å². The Balaban J connectivity index is 2.09. The van der Waals surface area contributed by atoms with E-state index in [9.17, 15) is 27.6 Å². The van der Waals surface area contributed by atoms with Gasteiger partial charge in [-0.1, -0.05) is 18.2 Å². The molecule has 2 aliphatic rings. The molecule has 1 saturated heterocycles. The molecule has 0 unspecified atom stereocenters. The zero-order valence-corrected chi connectivity index (χ0v) is 20.7. The van der Waals surface area contributed by atoms with Crippen molar-refractivity contribution in [3.8, 4) is 0 Å². The SMILES string of the molecule is CCOC(=O)C1=C(CN2CCC[C@@H](C(=O)OCC)C2)N(CC)C(=O)N[C@H]1c1ccccc1C(F)(F)F. The van der Waals surface area contributed by atoms with Gasteiger partial charge in [-0.25, -0.2) is 9.59 Å². The average Bonchev–Trinajstić information content (AvgIpc) is 2.84. The van der Waals surface area contributed by atoms with Crippen molar-refractivity contribution < 1.29 is 37.0 Å². The fourth-order valence-corrected chi connectivity index (χ4v) is 4.76. The molecule has 1 aromatic carbocycles. The number of nitrogens with one attached hydrogen (secondary N) is 1. The first-order valence-corrected chi connectivity index (χ1v) is 12.2. The van der Waals surface area contributed by atoms with Gasteiger partial charge in [0.2, 0.25) is 0 Å². The van der Waals surface area contributed by atoms with Crippen LogP contribution in [0.5, 0.6) is 0 Å². The summed E-state index contributed by atoms with van der Waals surface area (Å²) in [7, 11) is 0. The zero-order chi connectivity index (χ0) is 26.5. The van der Waals surface area contributed by atoms with Crippen LogP contribution in [0.3, 0.4) is 0 Å². The summed E-state index contributed by atoms with van der Waals surface area (Å²) in [6.07, 6.45) is -3.34. The highest BCUT2D eigenvalue weighted by molar-refractivity contribution is 5.95. The predicted octanol–water partition coefficient (Wildman–Crippen LogP) is 3.88. The minimum Gasteiger partial charge on any atom is -0.466 e. The van der Waals surface area contributed by atoms with Gasteiger partial charge in [-0.15, -0.1) is 0 Å². The number of halogens is 3. The molecule has 2 amide bonds. The zero-order valence-electron chi connectivity index (χ0n) is 20.7. The van der Waals surface area contributed by atoms with E-state index < -0.39 is 29.8 Å². The van der Waals surface area contributed by atoms with Crippen LogP contribution in [0, 0.1) is 5.92 Å². The summed E-state index contributed by atoms with van der Waals surface area (Å²) in [4.78, 5) is 41.8. The van der Waals surface area contributed by atoms with Crippen molar-refractivity contribution in [2.24, 2.45) is 5.92 Å². The van der Waals surface area contributed by atoms with Crippen molar-refractivity contribution in [2.45, 2.75) is 45.8 Å². The molecule has 2 aliphatic heterocycles. The summed E-state index contributed by atoms with van der Waals surface area (Å²) >= 11 is 0. The number of urea groups is 1. The number of piperidine rings is 1. The van der Waals surface area contributed by atoms with E-state index in [1.807, 2.05) is 4.90 Å². The fraction of sp³-hybridized carbons (Fsp3) is 0.560. The lowest BCUT2D eigenvalue weighted by Gasteiger charge is -2.40. The number of likely N-dealkylation sites (N-methyl/N-ethyl adjacent to an activating group) is 1. The number of hydrogen-bond donors (Lipinski definition) is 1. The van der Waals surface area contributed by atoms with Crippen molar-refractivity contribution >= 4 is 18.0 Å². The number of nitrogens with zero attached hydrogens (tertiary/aromatic N) is 2. The van der Waals surface area contributed by atoms with E-state index in [-0.39, 0.29) is 55.0 Å². The third-order valence-corrected chi connectivity index (χ3v) is 6.33. The maximum Gasteiger partial charge on any atom is 0.416 e. The molecule has 1 N–H and O–H groups in total. The standard InChI is InChI=1S/C25H32F3N3O5/c1-4-31-19(15-30-13-9-10-16(14-30)22(32)35-5-2)20(23(33)36-6-3)21(29-24(31)34)17-11-7-8-12-18(17)25(26,27)28/h7-8,11-12,16,21H,4-6,9-10,13-15H2,1-3H3,(H,29,34)/t16-,21+/m1/s1. The van der Waals surface area contributed by atoms with Gasteiger partial charge in [-0.05, 0) is 51.8 Å². The average molecular weight is 512 g/mol. The Kier molecular flexibility index (Phi) is 8.99. The van der Waals surface area contributed by atoms with Gasteiger partial charge in [0, 0.05) is 25.3 Å². The molecule has 0 aliphatic carbocycles. The minimum atomic E-state index is -4.69. The second-order valence-corrected chi connectivity index (χ2v) is 8.62. The Bertz CT molecular complexity index is 1010. The number of hydrogen-bond acceptors (Lipinski definition) is 6. The molecule has 2 atom stereocenters. The first-order chi connectivity index (χ1) is 17.1. The lowest BCUT2D eigenvalue weighted by atomic mass is 9.90. The van der Waals surface area contributed by atoms with E-state index in [2.05, 4.69) is 5.32 Å². The number of benzene rings is 1. The molecule has 198 valence electrons. The highest BCUT2D eigenvalue weighted by atomic mass is 19.4. The quantitative estimate of drug-likeness (QED) is 0.533. The van der Waals surface area contributed by atoms with Gasteiger partial charge in [0.05, 0.1) is 36.3 Å². The number of carbonyl (C=O) groups excluding carboxylic acids is 3. The van der Waals surface area contributed by atoms with Gasteiger partial charge in [-0.2, -0.15) is 13.2 Å². The lowest BCUT2D eigenvalue weighted by Crippen LogP contribution is -2.52. The normalized spacial score (nSPS) is 21.3. The molecule has 1 aromatic rings. The number of alkyl halides is 3. The van der Waals surface area contributed by atoms with Crippen LogP contribution in [-0.2, 0) is 25.2 Å². The highest BCUT2D eigenvalue weighted by Crippen LogP contribution is 2.39. The summed E-state index contributed by atoms with van der Waals surface area (Å²) in [6.45, 7) is 6.54. The van der Waals surface area contributed by atoms with E-state index in [4.69, 9.17) is 9.47 Å². The Morgan fingerprint density at radius 3 is 2.44 bits per heavy atom. The second kappa shape index (κ2) is 11.8. The maximum atomic E-state index is 13.9.